The Bertz CT molecular complexity index is 170. The maximum Gasteiger partial charge on any atom is 0.0747 e. The van der Waals surface area contributed by atoms with Crippen LogP contribution in [0.25, 0.3) is 0 Å². The number of nitrogens with two attached hydrogens (primary N) is 1. The van der Waals surface area contributed by atoms with Gasteiger partial charge in [-0.3, -0.25) is 5.10 Å². The van der Waals surface area contributed by atoms with Crippen molar-refractivity contribution in [1.29, 1.82) is 0 Å². The molecule has 0 aromatic carbocycles. The van der Waals surface area contributed by atoms with Crippen LogP contribution in [0.15, 0.2) is 12.4 Å². The number of aromatic amines is 1. The van der Waals surface area contributed by atoms with Gasteiger partial charge in [-0.1, -0.05) is 0 Å². The van der Waals surface area contributed by atoms with Crippen molar-refractivity contribution in [3.05, 3.63) is 12.4 Å². The molecule has 0 unspecified atom stereocenters. The van der Waals surface area contributed by atoms with Crippen LogP contribution in [-0.2, 0) is 0 Å². The van der Waals surface area contributed by atoms with Gasteiger partial charge in [-0.25, -0.2) is 0 Å². The zero-order valence-electron chi connectivity index (χ0n) is 6.04. The lowest BCUT2D eigenvalue weighted by Crippen LogP contribution is -2.24. The number of nitrogens with one attached hydrogen (secondary N) is 1. The number of rotatable bonds is 3. The van der Waals surface area contributed by atoms with E-state index in [0.29, 0.717) is 6.54 Å². The van der Waals surface area contributed by atoms with Gasteiger partial charge in [0, 0.05) is 26.3 Å². The number of likely N-dealkylation sites (N-methyl/N-ethyl adjacent to an activating group) is 1. The molecule has 4 heteroatoms. The Morgan fingerprint density at radius 1 is 1.80 bits per heavy atom. The van der Waals surface area contributed by atoms with Gasteiger partial charge in [0.05, 0.1) is 11.9 Å². The fourth-order valence-electron chi connectivity index (χ4n) is 0.776. The Morgan fingerprint density at radius 2 is 2.60 bits per heavy atom. The second-order valence-corrected chi connectivity index (χ2v) is 2.17. The van der Waals surface area contributed by atoms with Crippen LogP contribution in [0.3, 0.4) is 0 Å². The minimum absolute atomic E-state index is 0.668. The third kappa shape index (κ3) is 1.48. The van der Waals surface area contributed by atoms with Crippen molar-refractivity contribution >= 4 is 5.69 Å². The smallest absolute Gasteiger partial charge is 0.0747 e. The van der Waals surface area contributed by atoms with Crippen molar-refractivity contribution in [1.82, 2.24) is 10.2 Å². The van der Waals surface area contributed by atoms with Crippen LogP contribution in [0, 0.1) is 0 Å². The van der Waals surface area contributed by atoms with E-state index in [2.05, 4.69) is 10.2 Å². The highest BCUT2D eigenvalue weighted by molar-refractivity contribution is 5.40. The molecule has 0 amide bonds. The summed E-state index contributed by atoms with van der Waals surface area (Å²) < 4.78 is 0. The Balaban J connectivity index is 2.50. The van der Waals surface area contributed by atoms with Crippen LogP contribution in [0.2, 0.25) is 0 Å². The molecule has 4 nitrogen and oxygen atoms in total. The summed E-state index contributed by atoms with van der Waals surface area (Å²) in [5, 5.41) is 6.55. The van der Waals surface area contributed by atoms with Crippen molar-refractivity contribution in [3.8, 4) is 0 Å². The van der Waals surface area contributed by atoms with Crippen LogP contribution in [0.5, 0.6) is 0 Å². The number of aromatic nitrogens is 2. The molecule has 1 aromatic heterocycles. The molecule has 0 saturated heterocycles. The van der Waals surface area contributed by atoms with Gasteiger partial charge >= 0.3 is 0 Å². The fraction of sp³-hybridized carbons (Fsp3) is 0.500. The summed E-state index contributed by atoms with van der Waals surface area (Å²) in [5.41, 5.74) is 6.44. The molecule has 56 valence electrons. The molecule has 0 fully saturated rings. The average Bonchev–Trinajstić information content (AvgIpc) is 2.38. The number of H-pyrrole nitrogens is 1. The predicted octanol–water partition coefficient (Wildman–Crippen LogP) is -0.195. The standard InChI is InChI=1S/C6H12N4/c1-10(3-2-7)6-4-8-9-5-6/h4-5H,2-3,7H2,1H3,(H,8,9). The second kappa shape index (κ2) is 3.22. The molecule has 1 heterocycles. The molecular weight excluding hydrogens is 128 g/mol. The first-order valence-electron chi connectivity index (χ1n) is 3.24. The molecule has 0 spiro atoms. The number of nitrogens with zero attached hydrogens (tertiary/aromatic N) is 2. The van der Waals surface area contributed by atoms with Crippen molar-refractivity contribution in [2.45, 2.75) is 0 Å². The molecule has 0 saturated carbocycles. The Hall–Kier alpha value is -1.03. The number of hydrogen-bond donors (Lipinski definition) is 2. The van der Waals surface area contributed by atoms with Crippen LogP contribution >= 0.6 is 0 Å². The van der Waals surface area contributed by atoms with Gasteiger partial charge in [0.25, 0.3) is 0 Å². The predicted molar refractivity (Wildman–Crippen MR) is 40.9 cm³/mol. The normalized spacial score (nSPS) is 9.80. The molecule has 3 N–H and O–H groups in total. The fourth-order valence-corrected chi connectivity index (χ4v) is 0.776. The van der Waals surface area contributed by atoms with Gasteiger partial charge in [0.2, 0.25) is 0 Å². The van der Waals surface area contributed by atoms with E-state index in [1.165, 1.54) is 0 Å². The summed E-state index contributed by atoms with van der Waals surface area (Å²) in [6, 6.07) is 0. The highest BCUT2D eigenvalue weighted by Gasteiger charge is 1.97. The number of anilines is 1. The van der Waals surface area contributed by atoms with Gasteiger partial charge in [-0.05, 0) is 0 Å². The maximum atomic E-state index is 5.36. The molecule has 0 bridgehead atoms. The zero-order chi connectivity index (χ0) is 7.40. The summed E-state index contributed by atoms with van der Waals surface area (Å²) >= 11 is 0. The molecule has 0 aliphatic rings. The zero-order valence-corrected chi connectivity index (χ0v) is 6.04. The maximum absolute atomic E-state index is 5.36. The third-order valence-electron chi connectivity index (χ3n) is 1.39. The van der Waals surface area contributed by atoms with Crippen molar-refractivity contribution < 1.29 is 0 Å². The summed E-state index contributed by atoms with van der Waals surface area (Å²) in [7, 11) is 1.98. The van der Waals surface area contributed by atoms with Crippen molar-refractivity contribution in [2.75, 3.05) is 25.0 Å². The quantitative estimate of drug-likeness (QED) is 0.611. The molecule has 10 heavy (non-hydrogen) atoms. The van der Waals surface area contributed by atoms with Crippen molar-refractivity contribution in [2.24, 2.45) is 5.73 Å². The molecule has 1 aromatic rings. The SMILES string of the molecule is CN(CCN)c1cn[nH]c1. The van der Waals surface area contributed by atoms with Crippen LogP contribution in [0.1, 0.15) is 0 Å². The monoisotopic (exact) mass is 140 g/mol. The van der Waals surface area contributed by atoms with Gasteiger partial charge in [-0.2, -0.15) is 5.10 Å². The second-order valence-electron chi connectivity index (χ2n) is 2.17. The Kier molecular flexibility index (Phi) is 2.28. The van der Waals surface area contributed by atoms with E-state index in [0.717, 1.165) is 12.2 Å². The lowest BCUT2D eigenvalue weighted by Gasteiger charge is -2.14. The molecule has 0 radical (unpaired) electrons. The Labute approximate surface area is 60.0 Å². The molecule has 0 atom stereocenters. The molecule has 0 aliphatic heterocycles. The summed E-state index contributed by atoms with van der Waals surface area (Å²) in [5.74, 6) is 0. The van der Waals surface area contributed by atoms with Crippen LogP contribution in [0.4, 0.5) is 5.69 Å². The van der Waals surface area contributed by atoms with Gasteiger partial charge in [0.15, 0.2) is 0 Å². The number of hydrogen-bond acceptors (Lipinski definition) is 3. The van der Waals surface area contributed by atoms with Crippen LogP contribution < -0.4 is 10.6 Å². The topological polar surface area (TPSA) is 57.9 Å². The highest BCUT2D eigenvalue weighted by Crippen LogP contribution is 2.05. The first kappa shape index (κ1) is 7.08. The largest absolute Gasteiger partial charge is 0.371 e. The van der Waals surface area contributed by atoms with Gasteiger partial charge in [0.1, 0.15) is 0 Å². The average molecular weight is 140 g/mol. The van der Waals surface area contributed by atoms with E-state index in [-0.39, 0.29) is 0 Å². The van der Waals surface area contributed by atoms with E-state index in [9.17, 15) is 0 Å². The van der Waals surface area contributed by atoms with E-state index in [4.69, 9.17) is 5.73 Å². The van der Waals surface area contributed by atoms with Gasteiger partial charge < -0.3 is 10.6 Å². The van der Waals surface area contributed by atoms with E-state index in [1.54, 1.807) is 6.20 Å². The van der Waals surface area contributed by atoms with E-state index in [1.807, 2.05) is 18.1 Å². The molecule has 0 aliphatic carbocycles. The summed E-state index contributed by atoms with van der Waals surface area (Å²) in [6.07, 6.45) is 3.62. The van der Waals surface area contributed by atoms with E-state index < -0.39 is 0 Å². The first-order valence-corrected chi connectivity index (χ1v) is 3.24. The van der Waals surface area contributed by atoms with E-state index >= 15 is 0 Å². The molecular formula is C6H12N4. The van der Waals surface area contributed by atoms with Crippen LogP contribution in [-0.4, -0.2) is 30.3 Å². The third-order valence-corrected chi connectivity index (χ3v) is 1.39. The minimum atomic E-state index is 0.668. The first-order chi connectivity index (χ1) is 4.84. The van der Waals surface area contributed by atoms with Gasteiger partial charge in [-0.15, -0.1) is 0 Å². The Morgan fingerprint density at radius 3 is 3.10 bits per heavy atom. The molecule has 1 rings (SSSR count). The highest BCUT2D eigenvalue weighted by atomic mass is 15.2. The lowest BCUT2D eigenvalue weighted by atomic mass is 10.5. The van der Waals surface area contributed by atoms with Crippen molar-refractivity contribution in [3.63, 3.8) is 0 Å². The summed E-state index contributed by atoms with van der Waals surface area (Å²) in [4.78, 5) is 2.05. The minimum Gasteiger partial charge on any atom is -0.371 e. The summed E-state index contributed by atoms with van der Waals surface area (Å²) in [6.45, 7) is 1.53. The lowest BCUT2D eigenvalue weighted by molar-refractivity contribution is 0.886.